The molecule has 1 atom stereocenters. The summed E-state index contributed by atoms with van der Waals surface area (Å²) in [5, 5.41) is 8.85. The van der Waals surface area contributed by atoms with Crippen LogP contribution < -0.4 is 0 Å². The molecule has 0 aromatic heterocycles. The van der Waals surface area contributed by atoms with Gasteiger partial charge in [0.05, 0.1) is 6.54 Å². The lowest BCUT2D eigenvalue weighted by Gasteiger charge is -2.25. The molecule has 1 N–H and O–H groups in total. The molecule has 1 aliphatic rings. The highest BCUT2D eigenvalue weighted by Crippen LogP contribution is 2.16. The zero-order chi connectivity index (χ0) is 14.3. The standard InChI is InChI=1S/C15H30N2O2/c1-13(2)6-4-9-17-10-5-7-14(8-11-17)16(3)12-15(18)19/h13-14H,4-12H2,1-3H3,(H,18,19). The maximum Gasteiger partial charge on any atom is 0.317 e. The maximum absolute atomic E-state index is 10.8. The fourth-order valence-corrected chi connectivity index (χ4v) is 2.87. The number of likely N-dealkylation sites (N-methyl/N-ethyl adjacent to an activating group) is 1. The van der Waals surface area contributed by atoms with E-state index in [4.69, 9.17) is 5.11 Å². The van der Waals surface area contributed by atoms with Crippen LogP contribution in [-0.2, 0) is 4.79 Å². The van der Waals surface area contributed by atoms with E-state index in [0.717, 1.165) is 25.3 Å². The van der Waals surface area contributed by atoms with Crippen LogP contribution in [0.15, 0.2) is 0 Å². The summed E-state index contributed by atoms with van der Waals surface area (Å²) in [6.45, 7) is 8.21. The molecule has 1 unspecified atom stereocenters. The largest absolute Gasteiger partial charge is 0.480 e. The Hall–Kier alpha value is -0.610. The molecule has 1 aliphatic heterocycles. The van der Waals surface area contributed by atoms with E-state index in [1.165, 1.54) is 32.4 Å². The van der Waals surface area contributed by atoms with Crippen LogP contribution in [0.25, 0.3) is 0 Å². The number of rotatable bonds is 7. The van der Waals surface area contributed by atoms with Crippen molar-refractivity contribution in [3.05, 3.63) is 0 Å². The number of carboxylic acids is 1. The van der Waals surface area contributed by atoms with E-state index < -0.39 is 5.97 Å². The first kappa shape index (κ1) is 16.4. The summed E-state index contributed by atoms with van der Waals surface area (Å²) in [5.74, 6) is 0.0713. The van der Waals surface area contributed by atoms with Gasteiger partial charge in [-0.3, -0.25) is 9.69 Å². The van der Waals surface area contributed by atoms with Gasteiger partial charge in [0, 0.05) is 6.04 Å². The minimum atomic E-state index is -0.722. The van der Waals surface area contributed by atoms with Crippen molar-refractivity contribution in [2.24, 2.45) is 5.92 Å². The van der Waals surface area contributed by atoms with Crippen LogP contribution >= 0.6 is 0 Å². The van der Waals surface area contributed by atoms with E-state index in [-0.39, 0.29) is 6.54 Å². The Labute approximate surface area is 117 Å². The lowest BCUT2D eigenvalue weighted by atomic mass is 10.1. The number of likely N-dealkylation sites (tertiary alicyclic amines) is 1. The molecule has 0 aliphatic carbocycles. The second-order valence-electron chi connectivity index (χ2n) is 6.27. The molecule has 0 bridgehead atoms. The molecule has 19 heavy (non-hydrogen) atoms. The van der Waals surface area contributed by atoms with Crippen molar-refractivity contribution in [1.29, 1.82) is 0 Å². The van der Waals surface area contributed by atoms with Crippen LogP contribution in [0.3, 0.4) is 0 Å². The Balaban J connectivity index is 2.28. The van der Waals surface area contributed by atoms with E-state index in [1.54, 1.807) is 0 Å². The van der Waals surface area contributed by atoms with Gasteiger partial charge < -0.3 is 10.0 Å². The Kier molecular flexibility index (Phi) is 7.39. The van der Waals surface area contributed by atoms with E-state index in [2.05, 4.69) is 18.7 Å². The third-order valence-corrected chi connectivity index (χ3v) is 4.05. The summed E-state index contributed by atoms with van der Waals surface area (Å²) < 4.78 is 0. The molecule has 1 fully saturated rings. The predicted octanol–water partition coefficient (Wildman–Crippen LogP) is 2.29. The van der Waals surface area contributed by atoms with E-state index >= 15 is 0 Å². The van der Waals surface area contributed by atoms with Crippen LogP contribution in [0, 0.1) is 5.92 Å². The molecule has 0 aromatic rings. The summed E-state index contributed by atoms with van der Waals surface area (Å²) in [6, 6.07) is 0.436. The van der Waals surface area contributed by atoms with E-state index in [1.807, 2.05) is 11.9 Å². The minimum absolute atomic E-state index is 0.165. The van der Waals surface area contributed by atoms with Crippen LogP contribution in [-0.4, -0.2) is 60.1 Å². The van der Waals surface area contributed by atoms with Gasteiger partial charge in [-0.1, -0.05) is 13.8 Å². The van der Waals surface area contributed by atoms with Gasteiger partial charge >= 0.3 is 5.97 Å². The average molecular weight is 270 g/mol. The predicted molar refractivity (Wildman–Crippen MR) is 78.4 cm³/mol. The lowest BCUT2D eigenvalue weighted by Crippen LogP contribution is -2.36. The van der Waals surface area contributed by atoms with Crippen LogP contribution in [0.5, 0.6) is 0 Å². The second-order valence-corrected chi connectivity index (χ2v) is 6.27. The normalized spacial score (nSPS) is 21.8. The first-order valence-electron chi connectivity index (χ1n) is 7.63. The highest BCUT2D eigenvalue weighted by atomic mass is 16.4. The van der Waals surface area contributed by atoms with Crippen molar-refractivity contribution in [2.45, 2.75) is 52.0 Å². The van der Waals surface area contributed by atoms with Gasteiger partial charge in [-0.25, -0.2) is 0 Å². The first-order chi connectivity index (χ1) is 8.99. The van der Waals surface area contributed by atoms with Crippen molar-refractivity contribution in [3.8, 4) is 0 Å². The van der Waals surface area contributed by atoms with Gasteiger partial charge in [0.15, 0.2) is 0 Å². The number of aliphatic carboxylic acids is 1. The van der Waals surface area contributed by atoms with Gasteiger partial charge in [-0.15, -0.1) is 0 Å². The monoisotopic (exact) mass is 270 g/mol. The van der Waals surface area contributed by atoms with Crippen molar-refractivity contribution < 1.29 is 9.90 Å². The number of carbonyl (C=O) groups is 1. The number of hydrogen-bond acceptors (Lipinski definition) is 3. The fraction of sp³-hybridized carbons (Fsp3) is 0.933. The van der Waals surface area contributed by atoms with Gasteiger partial charge in [-0.05, 0) is 64.7 Å². The summed E-state index contributed by atoms with van der Waals surface area (Å²) in [5.41, 5.74) is 0. The van der Waals surface area contributed by atoms with Gasteiger partial charge in [0.25, 0.3) is 0 Å². The molecule has 4 nitrogen and oxygen atoms in total. The Morgan fingerprint density at radius 1 is 1.37 bits per heavy atom. The maximum atomic E-state index is 10.8. The van der Waals surface area contributed by atoms with Crippen molar-refractivity contribution in [3.63, 3.8) is 0 Å². The number of carboxylic acid groups (broad SMARTS) is 1. The van der Waals surface area contributed by atoms with Gasteiger partial charge in [0.2, 0.25) is 0 Å². The summed E-state index contributed by atoms with van der Waals surface area (Å²) >= 11 is 0. The molecule has 0 amide bonds. The fourth-order valence-electron chi connectivity index (χ4n) is 2.87. The Morgan fingerprint density at radius 3 is 2.74 bits per heavy atom. The van der Waals surface area contributed by atoms with Crippen LogP contribution in [0.2, 0.25) is 0 Å². The van der Waals surface area contributed by atoms with E-state index in [9.17, 15) is 4.79 Å². The molecule has 1 saturated heterocycles. The number of nitrogens with zero attached hydrogens (tertiary/aromatic N) is 2. The Morgan fingerprint density at radius 2 is 2.11 bits per heavy atom. The minimum Gasteiger partial charge on any atom is -0.480 e. The van der Waals surface area contributed by atoms with Gasteiger partial charge in [0.1, 0.15) is 0 Å². The van der Waals surface area contributed by atoms with Crippen LogP contribution in [0.1, 0.15) is 46.0 Å². The zero-order valence-corrected chi connectivity index (χ0v) is 12.8. The highest BCUT2D eigenvalue weighted by molar-refractivity contribution is 5.69. The lowest BCUT2D eigenvalue weighted by molar-refractivity contribution is -0.138. The van der Waals surface area contributed by atoms with Crippen molar-refractivity contribution >= 4 is 5.97 Å². The molecule has 0 radical (unpaired) electrons. The summed E-state index contributed by atoms with van der Waals surface area (Å²) in [7, 11) is 1.94. The summed E-state index contributed by atoms with van der Waals surface area (Å²) in [4.78, 5) is 15.3. The molecule has 0 saturated carbocycles. The smallest absolute Gasteiger partial charge is 0.317 e. The molecular formula is C15H30N2O2. The molecule has 0 aromatic carbocycles. The quantitative estimate of drug-likeness (QED) is 0.771. The molecule has 1 heterocycles. The molecule has 0 spiro atoms. The third-order valence-electron chi connectivity index (χ3n) is 4.05. The SMILES string of the molecule is CC(C)CCCN1CCCC(N(C)CC(=O)O)CC1. The topological polar surface area (TPSA) is 43.8 Å². The van der Waals surface area contributed by atoms with E-state index in [0.29, 0.717) is 6.04 Å². The Bertz CT molecular complexity index is 269. The third kappa shape index (κ3) is 6.92. The molecule has 4 heteroatoms. The summed E-state index contributed by atoms with van der Waals surface area (Å²) in [6.07, 6.45) is 6.01. The average Bonchev–Trinajstić information content (AvgIpc) is 2.53. The highest BCUT2D eigenvalue weighted by Gasteiger charge is 2.21. The second kappa shape index (κ2) is 8.54. The molecule has 112 valence electrons. The zero-order valence-electron chi connectivity index (χ0n) is 12.8. The molecule has 1 rings (SSSR count). The van der Waals surface area contributed by atoms with Crippen molar-refractivity contribution in [1.82, 2.24) is 9.80 Å². The van der Waals surface area contributed by atoms with Crippen molar-refractivity contribution in [2.75, 3.05) is 33.2 Å². The van der Waals surface area contributed by atoms with Gasteiger partial charge in [-0.2, -0.15) is 0 Å². The number of hydrogen-bond donors (Lipinski definition) is 1. The van der Waals surface area contributed by atoms with Crippen LogP contribution in [0.4, 0.5) is 0 Å². The molecular weight excluding hydrogens is 240 g/mol. The first-order valence-corrected chi connectivity index (χ1v) is 7.63.